The third-order valence-electron chi connectivity index (χ3n) is 4.22. The van der Waals surface area contributed by atoms with Crippen molar-refractivity contribution in [1.29, 1.82) is 0 Å². The number of rotatable bonds is 6. The van der Waals surface area contributed by atoms with Crippen molar-refractivity contribution in [2.75, 3.05) is 13.7 Å². The van der Waals surface area contributed by atoms with Crippen LogP contribution in [0.2, 0.25) is 5.02 Å². The van der Waals surface area contributed by atoms with Gasteiger partial charge in [-0.1, -0.05) is 31.4 Å². The van der Waals surface area contributed by atoms with Crippen molar-refractivity contribution in [2.24, 2.45) is 5.92 Å². The second-order valence-electron chi connectivity index (χ2n) is 5.84. The van der Waals surface area contributed by atoms with Crippen LogP contribution in [-0.4, -0.2) is 19.7 Å². The van der Waals surface area contributed by atoms with Crippen LogP contribution >= 0.6 is 11.6 Å². The Morgan fingerprint density at radius 3 is 2.95 bits per heavy atom. The number of benzene rings is 1. The number of hydrogen-bond donors (Lipinski definition) is 1. The second-order valence-corrected chi connectivity index (χ2v) is 6.28. The largest absolute Gasteiger partial charge is 0.496 e. The third-order valence-corrected chi connectivity index (χ3v) is 4.45. The van der Waals surface area contributed by atoms with Crippen molar-refractivity contribution < 1.29 is 4.74 Å². The van der Waals surface area contributed by atoms with Crippen molar-refractivity contribution in [3.63, 3.8) is 0 Å². The van der Waals surface area contributed by atoms with Gasteiger partial charge in [0.05, 0.1) is 7.11 Å². The zero-order valence-corrected chi connectivity index (χ0v) is 13.4. The predicted molar refractivity (Wildman–Crippen MR) is 85.7 cm³/mol. The summed E-state index contributed by atoms with van der Waals surface area (Å²) in [4.78, 5) is 0. The number of halogens is 1. The van der Waals surface area contributed by atoms with Gasteiger partial charge in [0.2, 0.25) is 0 Å². The summed E-state index contributed by atoms with van der Waals surface area (Å²) in [6.07, 6.45) is 7.53. The van der Waals surface area contributed by atoms with Crippen molar-refractivity contribution in [1.82, 2.24) is 5.32 Å². The summed E-state index contributed by atoms with van der Waals surface area (Å²) < 4.78 is 5.46. The lowest BCUT2D eigenvalue weighted by molar-refractivity contribution is 0.282. The Hall–Kier alpha value is -0.730. The minimum Gasteiger partial charge on any atom is -0.496 e. The first kappa shape index (κ1) is 15.7. The molecule has 0 spiro atoms. The molecule has 2 nitrogen and oxygen atoms in total. The van der Waals surface area contributed by atoms with E-state index in [2.05, 4.69) is 18.3 Å². The van der Waals surface area contributed by atoms with Gasteiger partial charge >= 0.3 is 0 Å². The maximum Gasteiger partial charge on any atom is 0.122 e. The van der Waals surface area contributed by atoms with Crippen molar-refractivity contribution >= 4 is 11.6 Å². The van der Waals surface area contributed by atoms with Gasteiger partial charge in [0.1, 0.15) is 5.75 Å². The topological polar surface area (TPSA) is 21.3 Å². The molecule has 0 aromatic heterocycles. The number of hydrogen-bond acceptors (Lipinski definition) is 2. The summed E-state index contributed by atoms with van der Waals surface area (Å²) in [7, 11) is 1.74. The van der Waals surface area contributed by atoms with Crippen molar-refractivity contribution in [3.8, 4) is 5.75 Å². The lowest BCUT2D eigenvalue weighted by atomic mass is 9.82. The molecule has 1 saturated carbocycles. The van der Waals surface area contributed by atoms with E-state index in [1.54, 1.807) is 7.11 Å². The van der Waals surface area contributed by atoms with Crippen LogP contribution in [0, 0.1) is 5.92 Å². The molecular formula is C17H26ClNO. The molecule has 20 heavy (non-hydrogen) atoms. The molecule has 2 unspecified atom stereocenters. The SMILES string of the molecule is CCCNC1CCCC(Cc2cc(Cl)ccc2OC)C1. The van der Waals surface area contributed by atoms with Gasteiger partial charge in [-0.05, 0) is 61.9 Å². The molecule has 1 N–H and O–H groups in total. The summed E-state index contributed by atoms with van der Waals surface area (Å²) in [5, 5.41) is 4.47. The van der Waals surface area contributed by atoms with E-state index in [0.717, 1.165) is 29.7 Å². The van der Waals surface area contributed by atoms with Gasteiger partial charge in [0.15, 0.2) is 0 Å². The van der Waals surface area contributed by atoms with Gasteiger partial charge in [-0.15, -0.1) is 0 Å². The maximum absolute atomic E-state index is 6.12. The third kappa shape index (κ3) is 4.39. The van der Waals surface area contributed by atoms with Crippen molar-refractivity contribution in [3.05, 3.63) is 28.8 Å². The minimum absolute atomic E-state index is 0.693. The first-order valence-electron chi connectivity index (χ1n) is 7.78. The zero-order chi connectivity index (χ0) is 14.4. The molecular weight excluding hydrogens is 270 g/mol. The normalized spacial score (nSPS) is 22.8. The van der Waals surface area contributed by atoms with E-state index in [0.29, 0.717) is 6.04 Å². The van der Waals surface area contributed by atoms with E-state index in [9.17, 15) is 0 Å². The van der Waals surface area contributed by atoms with Crippen LogP contribution in [-0.2, 0) is 6.42 Å². The Kier molecular flexibility index (Phi) is 6.18. The van der Waals surface area contributed by atoms with Crippen LogP contribution in [0.3, 0.4) is 0 Å². The summed E-state index contributed by atoms with van der Waals surface area (Å²) in [6, 6.07) is 6.63. The van der Waals surface area contributed by atoms with Crippen LogP contribution in [0.5, 0.6) is 5.75 Å². The highest BCUT2D eigenvalue weighted by atomic mass is 35.5. The van der Waals surface area contributed by atoms with Gasteiger partial charge in [-0.3, -0.25) is 0 Å². The highest BCUT2D eigenvalue weighted by Gasteiger charge is 2.22. The van der Waals surface area contributed by atoms with Gasteiger partial charge < -0.3 is 10.1 Å². The Labute approximate surface area is 127 Å². The molecule has 1 aliphatic carbocycles. The first-order chi connectivity index (χ1) is 9.72. The molecule has 0 aliphatic heterocycles. The van der Waals surface area contributed by atoms with Gasteiger partial charge in [0, 0.05) is 11.1 Å². The average Bonchev–Trinajstić information content (AvgIpc) is 2.46. The van der Waals surface area contributed by atoms with Crippen LogP contribution in [0.15, 0.2) is 18.2 Å². The summed E-state index contributed by atoms with van der Waals surface area (Å²) in [5.74, 6) is 1.71. The number of ether oxygens (including phenoxy) is 1. The molecule has 3 heteroatoms. The molecule has 0 radical (unpaired) electrons. The van der Waals surface area contributed by atoms with E-state index in [1.807, 2.05) is 12.1 Å². The lowest BCUT2D eigenvalue weighted by Crippen LogP contribution is -2.35. The Morgan fingerprint density at radius 1 is 1.35 bits per heavy atom. The molecule has 1 aromatic carbocycles. The molecule has 1 aromatic rings. The van der Waals surface area contributed by atoms with Crippen molar-refractivity contribution in [2.45, 2.75) is 51.5 Å². The average molecular weight is 296 g/mol. The molecule has 112 valence electrons. The number of methoxy groups -OCH3 is 1. The molecule has 0 heterocycles. The lowest BCUT2D eigenvalue weighted by Gasteiger charge is -2.30. The smallest absolute Gasteiger partial charge is 0.122 e. The highest BCUT2D eigenvalue weighted by Crippen LogP contribution is 2.31. The molecule has 1 fully saturated rings. The van der Waals surface area contributed by atoms with Crippen LogP contribution in [0.1, 0.15) is 44.6 Å². The van der Waals surface area contributed by atoms with E-state index >= 15 is 0 Å². The molecule has 0 amide bonds. The highest BCUT2D eigenvalue weighted by molar-refractivity contribution is 6.30. The van der Waals surface area contributed by atoms with Gasteiger partial charge in [-0.25, -0.2) is 0 Å². The summed E-state index contributed by atoms with van der Waals surface area (Å²) >= 11 is 6.12. The first-order valence-corrected chi connectivity index (χ1v) is 8.16. The Morgan fingerprint density at radius 2 is 2.20 bits per heavy atom. The summed E-state index contributed by atoms with van der Waals surface area (Å²) in [6.45, 7) is 3.36. The van der Waals surface area contributed by atoms with Crippen LogP contribution < -0.4 is 10.1 Å². The maximum atomic E-state index is 6.12. The van der Waals surface area contributed by atoms with E-state index in [4.69, 9.17) is 16.3 Å². The fraction of sp³-hybridized carbons (Fsp3) is 0.647. The summed E-state index contributed by atoms with van der Waals surface area (Å²) in [5.41, 5.74) is 1.25. The molecule has 2 rings (SSSR count). The van der Waals surface area contributed by atoms with Crippen LogP contribution in [0.4, 0.5) is 0 Å². The van der Waals surface area contributed by atoms with Gasteiger partial charge in [-0.2, -0.15) is 0 Å². The zero-order valence-electron chi connectivity index (χ0n) is 12.6. The quantitative estimate of drug-likeness (QED) is 0.837. The van der Waals surface area contributed by atoms with E-state index in [-0.39, 0.29) is 0 Å². The predicted octanol–water partition coefficient (Wildman–Crippen LogP) is 4.45. The number of nitrogens with one attached hydrogen (secondary N) is 1. The molecule has 2 atom stereocenters. The minimum atomic E-state index is 0.693. The fourth-order valence-electron chi connectivity index (χ4n) is 3.23. The fourth-order valence-corrected chi connectivity index (χ4v) is 3.42. The van der Waals surface area contributed by atoms with Gasteiger partial charge in [0.25, 0.3) is 0 Å². The monoisotopic (exact) mass is 295 g/mol. The second kappa shape index (κ2) is 7.90. The molecule has 0 bridgehead atoms. The standard InChI is InChI=1S/C17H26ClNO/c1-3-9-19-16-6-4-5-13(11-16)10-14-12-15(18)7-8-17(14)20-2/h7-8,12-13,16,19H,3-6,9-11H2,1-2H3. The van der Waals surface area contributed by atoms with E-state index < -0.39 is 0 Å². The Bertz CT molecular complexity index is 421. The van der Waals surface area contributed by atoms with Crippen LogP contribution in [0.25, 0.3) is 0 Å². The van der Waals surface area contributed by atoms with E-state index in [1.165, 1.54) is 37.7 Å². The molecule has 1 aliphatic rings. The molecule has 0 saturated heterocycles. The Balaban J connectivity index is 1.97.